The van der Waals surface area contributed by atoms with Gasteiger partial charge in [0.05, 0.1) is 12.1 Å². The molecule has 1 heterocycles. The van der Waals surface area contributed by atoms with Crippen LogP contribution in [-0.2, 0) is 16.0 Å². The number of hydrogen-bond donors (Lipinski definition) is 1. The van der Waals surface area contributed by atoms with Gasteiger partial charge in [-0.1, -0.05) is 30.3 Å². The van der Waals surface area contributed by atoms with Crippen molar-refractivity contribution in [2.24, 2.45) is 5.73 Å². The van der Waals surface area contributed by atoms with Crippen molar-refractivity contribution in [3.63, 3.8) is 0 Å². The molecule has 0 saturated carbocycles. The second-order valence-electron chi connectivity index (χ2n) is 5.06. The summed E-state index contributed by atoms with van der Waals surface area (Å²) in [7, 11) is 1.73. The van der Waals surface area contributed by atoms with Gasteiger partial charge in [0, 0.05) is 20.2 Å². The molecule has 1 aromatic rings. The number of benzene rings is 1. The Morgan fingerprint density at radius 3 is 2.58 bits per heavy atom. The van der Waals surface area contributed by atoms with Crippen LogP contribution < -0.4 is 5.73 Å². The molecule has 0 spiro atoms. The third-order valence-electron chi connectivity index (χ3n) is 3.70. The molecular formula is C15H22N2O2. The predicted molar refractivity (Wildman–Crippen MR) is 74.7 cm³/mol. The summed E-state index contributed by atoms with van der Waals surface area (Å²) in [6.45, 7) is 1.50. The molecule has 2 N–H and O–H groups in total. The first-order valence-corrected chi connectivity index (χ1v) is 6.82. The zero-order valence-corrected chi connectivity index (χ0v) is 11.4. The standard InChI is InChI=1S/C15H22N2O2/c1-19-13-7-9-17(10-8-13)15(18)14(16)11-12-5-3-2-4-6-12/h2-6,13-14H,7-11,16H2,1H3/t14-/m1/s1. The smallest absolute Gasteiger partial charge is 0.239 e. The molecule has 2 rings (SSSR count). The molecule has 1 amide bonds. The third-order valence-corrected chi connectivity index (χ3v) is 3.70. The largest absolute Gasteiger partial charge is 0.381 e. The van der Waals surface area contributed by atoms with Gasteiger partial charge in [-0.15, -0.1) is 0 Å². The van der Waals surface area contributed by atoms with Gasteiger partial charge >= 0.3 is 0 Å². The average Bonchev–Trinajstić information content (AvgIpc) is 2.47. The summed E-state index contributed by atoms with van der Waals surface area (Å²) in [5.41, 5.74) is 7.13. The molecule has 1 aliphatic rings. The number of carbonyl (C=O) groups excluding carboxylic acids is 1. The highest BCUT2D eigenvalue weighted by molar-refractivity contribution is 5.82. The van der Waals surface area contributed by atoms with Crippen molar-refractivity contribution in [1.82, 2.24) is 4.90 Å². The van der Waals surface area contributed by atoms with E-state index in [9.17, 15) is 4.79 Å². The molecule has 19 heavy (non-hydrogen) atoms. The van der Waals surface area contributed by atoms with Crippen molar-refractivity contribution in [3.8, 4) is 0 Å². The van der Waals surface area contributed by atoms with Gasteiger partial charge in [0.1, 0.15) is 0 Å². The normalized spacial score (nSPS) is 18.3. The van der Waals surface area contributed by atoms with Gasteiger partial charge in [0.15, 0.2) is 0 Å². The fourth-order valence-electron chi connectivity index (χ4n) is 2.50. The predicted octanol–water partition coefficient (Wildman–Crippen LogP) is 1.19. The average molecular weight is 262 g/mol. The summed E-state index contributed by atoms with van der Waals surface area (Å²) < 4.78 is 5.31. The van der Waals surface area contributed by atoms with Gasteiger partial charge in [-0.25, -0.2) is 0 Å². The molecule has 1 aliphatic heterocycles. The summed E-state index contributed by atoms with van der Waals surface area (Å²) >= 11 is 0. The number of amides is 1. The van der Waals surface area contributed by atoms with Crippen LogP contribution in [0, 0.1) is 0 Å². The van der Waals surface area contributed by atoms with E-state index in [0.717, 1.165) is 31.5 Å². The Kier molecular flexibility index (Phi) is 4.93. The van der Waals surface area contributed by atoms with E-state index in [1.165, 1.54) is 0 Å². The van der Waals surface area contributed by atoms with Crippen molar-refractivity contribution in [2.75, 3.05) is 20.2 Å². The van der Waals surface area contributed by atoms with Crippen LogP contribution in [0.25, 0.3) is 0 Å². The fraction of sp³-hybridized carbons (Fsp3) is 0.533. The van der Waals surface area contributed by atoms with Crippen LogP contribution in [0.2, 0.25) is 0 Å². The molecule has 0 unspecified atom stereocenters. The van der Waals surface area contributed by atoms with Crippen molar-refractivity contribution < 1.29 is 9.53 Å². The van der Waals surface area contributed by atoms with E-state index in [2.05, 4.69) is 0 Å². The Morgan fingerprint density at radius 1 is 1.37 bits per heavy atom. The minimum atomic E-state index is -0.443. The quantitative estimate of drug-likeness (QED) is 0.887. The number of methoxy groups -OCH3 is 1. The molecule has 4 heteroatoms. The first-order valence-electron chi connectivity index (χ1n) is 6.82. The lowest BCUT2D eigenvalue weighted by atomic mass is 10.0. The highest BCUT2D eigenvalue weighted by atomic mass is 16.5. The van der Waals surface area contributed by atoms with Crippen LogP contribution in [0.1, 0.15) is 18.4 Å². The number of piperidine rings is 1. The van der Waals surface area contributed by atoms with Crippen molar-refractivity contribution in [1.29, 1.82) is 0 Å². The zero-order valence-electron chi connectivity index (χ0n) is 11.4. The van der Waals surface area contributed by atoms with Gasteiger partial charge in [0.25, 0.3) is 0 Å². The maximum Gasteiger partial charge on any atom is 0.239 e. The molecule has 1 atom stereocenters. The summed E-state index contributed by atoms with van der Waals surface area (Å²) in [6.07, 6.45) is 2.69. The van der Waals surface area contributed by atoms with Gasteiger partial charge < -0.3 is 15.4 Å². The molecule has 4 nitrogen and oxygen atoms in total. The molecule has 1 fully saturated rings. The second kappa shape index (κ2) is 6.68. The van der Waals surface area contributed by atoms with E-state index in [1.807, 2.05) is 35.2 Å². The lowest BCUT2D eigenvalue weighted by Crippen LogP contribution is -2.49. The van der Waals surface area contributed by atoms with Crippen LogP contribution in [0.3, 0.4) is 0 Å². The number of carbonyl (C=O) groups is 1. The van der Waals surface area contributed by atoms with Crippen LogP contribution in [0.5, 0.6) is 0 Å². The fourth-order valence-corrected chi connectivity index (χ4v) is 2.50. The van der Waals surface area contributed by atoms with Crippen LogP contribution in [0.15, 0.2) is 30.3 Å². The maximum absolute atomic E-state index is 12.3. The molecule has 1 saturated heterocycles. The summed E-state index contributed by atoms with van der Waals surface area (Å²) in [6, 6.07) is 9.47. The van der Waals surface area contributed by atoms with Gasteiger partial charge in [0.2, 0.25) is 5.91 Å². The molecule has 104 valence electrons. The van der Waals surface area contributed by atoms with Crippen molar-refractivity contribution in [2.45, 2.75) is 31.4 Å². The molecular weight excluding hydrogens is 240 g/mol. The van der Waals surface area contributed by atoms with E-state index in [4.69, 9.17) is 10.5 Å². The number of hydrogen-bond acceptors (Lipinski definition) is 3. The zero-order chi connectivity index (χ0) is 13.7. The maximum atomic E-state index is 12.3. The van der Waals surface area contributed by atoms with Crippen LogP contribution in [0.4, 0.5) is 0 Å². The lowest BCUT2D eigenvalue weighted by molar-refractivity contribution is -0.134. The number of likely N-dealkylation sites (tertiary alicyclic amines) is 1. The first kappa shape index (κ1) is 14.0. The van der Waals surface area contributed by atoms with Crippen molar-refractivity contribution >= 4 is 5.91 Å². The monoisotopic (exact) mass is 262 g/mol. The summed E-state index contributed by atoms with van der Waals surface area (Å²) in [5, 5.41) is 0. The molecule has 0 aliphatic carbocycles. The topological polar surface area (TPSA) is 55.6 Å². The van der Waals surface area contributed by atoms with Gasteiger partial charge in [-0.2, -0.15) is 0 Å². The number of ether oxygens (including phenoxy) is 1. The van der Waals surface area contributed by atoms with E-state index in [1.54, 1.807) is 7.11 Å². The highest BCUT2D eigenvalue weighted by Gasteiger charge is 2.26. The van der Waals surface area contributed by atoms with Gasteiger partial charge in [-0.05, 0) is 24.8 Å². The minimum absolute atomic E-state index is 0.0541. The molecule has 0 aromatic heterocycles. The minimum Gasteiger partial charge on any atom is -0.381 e. The van der Waals surface area contributed by atoms with Gasteiger partial charge in [-0.3, -0.25) is 4.79 Å². The molecule has 0 radical (unpaired) electrons. The highest BCUT2D eigenvalue weighted by Crippen LogP contribution is 2.14. The number of rotatable bonds is 4. The molecule has 0 bridgehead atoms. The SMILES string of the molecule is COC1CCN(C(=O)[C@H](N)Cc2ccccc2)CC1. The van der Waals surface area contributed by atoms with E-state index in [-0.39, 0.29) is 12.0 Å². The molecule has 1 aromatic carbocycles. The van der Waals surface area contributed by atoms with E-state index < -0.39 is 6.04 Å². The Balaban J connectivity index is 1.86. The Hall–Kier alpha value is -1.39. The van der Waals surface area contributed by atoms with Crippen molar-refractivity contribution in [3.05, 3.63) is 35.9 Å². The second-order valence-corrected chi connectivity index (χ2v) is 5.06. The van der Waals surface area contributed by atoms with Crippen LogP contribution >= 0.6 is 0 Å². The first-order chi connectivity index (χ1) is 9.20. The number of nitrogens with zero attached hydrogens (tertiary/aromatic N) is 1. The Morgan fingerprint density at radius 2 is 2.00 bits per heavy atom. The van der Waals surface area contributed by atoms with E-state index >= 15 is 0 Å². The summed E-state index contributed by atoms with van der Waals surface area (Å²) in [4.78, 5) is 14.1. The van der Waals surface area contributed by atoms with Crippen LogP contribution in [-0.4, -0.2) is 43.2 Å². The Labute approximate surface area is 114 Å². The number of nitrogens with two attached hydrogens (primary N) is 1. The lowest BCUT2D eigenvalue weighted by Gasteiger charge is -2.32. The summed E-state index contributed by atoms with van der Waals surface area (Å²) in [5.74, 6) is 0.0541. The Bertz CT molecular complexity index is 400. The third kappa shape index (κ3) is 3.78. The van der Waals surface area contributed by atoms with E-state index in [0.29, 0.717) is 6.42 Å².